The zero-order chi connectivity index (χ0) is 18.7. The minimum absolute atomic E-state index is 0.121. The fraction of sp³-hybridized carbons (Fsp3) is 0.389. The van der Waals surface area contributed by atoms with Gasteiger partial charge in [-0.25, -0.2) is 9.97 Å². The molecule has 1 aliphatic heterocycles. The van der Waals surface area contributed by atoms with E-state index in [0.29, 0.717) is 19.0 Å². The van der Waals surface area contributed by atoms with Gasteiger partial charge in [0.15, 0.2) is 0 Å². The van der Waals surface area contributed by atoms with Crippen molar-refractivity contribution >= 4 is 17.4 Å². The van der Waals surface area contributed by atoms with Crippen LogP contribution in [0.2, 0.25) is 0 Å². The van der Waals surface area contributed by atoms with Crippen LogP contribution in [0.4, 0.5) is 24.7 Å². The molecule has 1 aliphatic rings. The number of likely N-dealkylation sites (tertiary alicyclic amines) is 1. The molecule has 1 aromatic carbocycles. The largest absolute Gasteiger partial charge is 0.418 e. The Bertz CT molecular complexity index is 786. The van der Waals surface area contributed by atoms with Crippen molar-refractivity contribution in [2.45, 2.75) is 25.9 Å². The zero-order valence-corrected chi connectivity index (χ0v) is 14.3. The quantitative estimate of drug-likeness (QED) is 0.890. The van der Waals surface area contributed by atoms with Crippen molar-refractivity contribution in [1.82, 2.24) is 14.9 Å². The predicted molar refractivity (Wildman–Crippen MR) is 91.1 cm³/mol. The second-order valence-corrected chi connectivity index (χ2v) is 6.43. The van der Waals surface area contributed by atoms with Crippen LogP contribution in [0, 0.1) is 5.92 Å². The van der Waals surface area contributed by atoms with Crippen molar-refractivity contribution < 1.29 is 18.0 Å². The van der Waals surface area contributed by atoms with E-state index in [-0.39, 0.29) is 23.1 Å². The molecule has 0 unspecified atom stereocenters. The molecule has 0 atom stereocenters. The molecular formula is C18H19F3N4O. The van der Waals surface area contributed by atoms with Gasteiger partial charge in [0, 0.05) is 19.2 Å². The van der Waals surface area contributed by atoms with E-state index in [1.807, 2.05) is 0 Å². The van der Waals surface area contributed by atoms with E-state index >= 15 is 0 Å². The van der Waals surface area contributed by atoms with Crippen molar-refractivity contribution in [3.8, 4) is 0 Å². The lowest BCUT2D eigenvalue weighted by Crippen LogP contribution is -2.38. The Morgan fingerprint density at radius 1 is 1.19 bits per heavy atom. The van der Waals surface area contributed by atoms with Crippen molar-refractivity contribution in [2.75, 3.05) is 18.4 Å². The summed E-state index contributed by atoms with van der Waals surface area (Å²) in [6, 6.07) is 6.51. The summed E-state index contributed by atoms with van der Waals surface area (Å²) >= 11 is 0. The smallest absolute Gasteiger partial charge is 0.340 e. The average molecular weight is 364 g/mol. The summed E-state index contributed by atoms with van der Waals surface area (Å²) in [7, 11) is 0. The lowest BCUT2D eigenvalue weighted by Gasteiger charge is -2.30. The van der Waals surface area contributed by atoms with Crippen LogP contribution in [0.25, 0.3) is 0 Å². The number of carbonyl (C=O) groups excluding carboxylic acids is 1. The van der Waals surface area contributed by atoms with Gasteiger partial charge < -0.3 is 10.2 Å². The number of nitrogens with one attached hydrogen (secondary N) is 1. The van der Waals surface area contributed by atoms with E-state index in [9.17, 15) is 18.0 Å². The summed E-state index contributed by atoms with van der Waals surface area (Å²) in [5.41, 5.74) is -0.748. The van der Waals surface area contributed by atoms with E-state index in [1.165, 1.54) is 30.6 Å². The van der Waals surface area contributed by atoms with Gasteiger partial charge in [0.2, 0.25) is 0 Å². The summed E-state index contributed by atoms with van der Waals surface area (Å²) in [5, 5.41) is 2.64. The van der Waals surface area contributed by atoms with Crippen LogP contribution >= 0.6 is 0 Å². The molecule has 2 heterocycles. The zero-order valence-electron chi connectivity index (χ0n) is 14.3. The Labute approximate surface area is 149 Å². The van der Waals surface area contributed by atoms with Crippen molar-refractivity contribution in [3.05, 3.63) is 47.9 Å². The molecule has 0 aliphatic carbocycles. The fourth-order valence-electron chi connectivity index (χ4n) is 2.89. The molecule has 1 N–H and O–H groups in total. The van der Waals surface area contributed by atoms with Crippen molar-refractivity contribution in [3.63, 3.8) is 0 Å². The van der Waals surface area contributed by atoms with Crippen molar-refractivity contribution in [1.29, 1.82) is 0 Å². The van der Waals surface area contributed by atoms with Crippen LogP contribution in [-0.2, 0) is 6.18 Å². The second kappa shape index (κ2) is 7.31. The van der Waals surface area contributed by atoms with Crippen LogP contribution in [0.1, 0.15) is 35.8 Å². The molecule has 0 radical (unpaired) electrons. The predicted octanol–water partition coefficient (Wildman–Crippen LogP) is 4.11. The van der Waals surface area contributed by atoms with E-state index in [0.717, 1.165) is 18.9 Å². The van der Waals surface area contributed by atoms with Crippen LogP contribution in [0.3, 0.4) is 0 Å². The highest BCUT2D eigenvalue weighted by Gasteiger charge is 2.33. The van der Waals surface area contributed by atoms with Gasteiger partial charge in [-0.15, -0.1) is 0 Å². The maximum absolute atomic E-state index is 13.1. The number of rotatable bonds is 3. The number of halogens is 3. The maximum Gasteiger partial charge on any atom is 0.418 e. The minimum atomic E-state index is -4.49. The number of aromatic nitrogens is 2. The Hall–Kier alpha value is -2.64. The van der Waals surface area contributed by atoms with Crippen LogP contribution in [0.15, 0.2) is 36.7 Å². The molecule has 0 saturated carbocycles. The van der Waals surface area contributed by atoms with Gasteiger partial charge in [-0.2, -0.15) is 13.2 Å². The molecule has 1 aromatic heterocycles. The van der Waals surface area contributed by atoms with Gasteiger partial charge >= 0.3 is 6.18 Å². The van der Waals surface area contributed by atoms with E-state index in [2.05, 4.69) is 22.2 Å². The van der Waals surface area contributed by atoms with Gasteiger partial charge in [-0.1, -0.05) is 19.1 Å². The SMILES string of the molecule is CC1CCN(C(=O)c2cc(Nc3ccccc3C(F)(F)F)ncn2)CC1. The molecule has 2 aromatic rings. The molecule has 1 fully saturated rings. The van der Waals surface area contributed by atoms with Crippen LogP contribution in [-0.4, -0.2) is 33.9 Å². The number of carbonyl (C=O) groups is 1. The molecule has 0 bridgehead atoms. The fourth-order valence-corrected chi connectivity index (χ4v) is 2.89. The second-order valence-electron chi connectivity index (χ2n) is 6.43. The molecule has 1 amide bonds. The lowest BCUT2D eigenvalue weighted by molar-refractivity contribution is -0.136. The summed E-state index contributed by atoms with van der Waals surface area (Å²) in [6.45, 7) is 3.46. The van der Waals surface area contributed by atoms with Gasteiger partial charge in [-0.05, 0) is 30.9 Å². The molecule has 138 valence electrons. The highest BCUT2D eigenvalue weighted by molar-refractivity contribution is 5.93. The number of piperidine rings is 1. The standard InChI is InChI=1S/C18H19F3N4O/c1-12-6-8-25(9-7-12)17(26)15-10-16(23-11-22-15)24-14-5-3-2-4-13(14)18(19,20)21/h2-5,10-12H,6-9H2,1H3,(H,22,23,24). The first-order valence-electron chi connectivity index (χ1n) is 8.39. The number of benzene rings is 1. The first kappa shape index (κ1) is 18.2. The maximum atomic E-state index is 13.1. The summed E-state index contributed by atoms with van der Waals surface area (Å²) in [6.07, 6.45) is -1.44. The molecule has 5 nitrogen and oxygen atoms in total. The van der Waals surface area contributed by atoms with E-state index in [4.69, 9.17) is 0 Å². The van der Waals surface area contributed by atoms with E-state index in [1.54, 1.807) is 4.90 Å². The molecule has 3 rings (SSSR count). The topological polar surface area (TPSA) is 58.1 Å². The number of hydrogen-bond donors (Lipinski definition) is 1. The molecule has 26 heavy (non-hydrogen) atoms. The molecular weight excluding hydrogens is 345 g/mol. The number of nitrogens with zero attached hydrogens (tertiary/aromatic N) is 3. The van der Waals surface area contributed by atoms with Crippen LogP contribution in [0.5, 0.6) is 0 Å². The van der Waals surface area contributed by atoms with Gasteiger partial charge in [0.05, 0.1) is 11.3 Å². The third-order valence-electron chi connectivity index (χ3n) is 4.45. The Kier molecular flexibility index (Phi) is 5.11. The average Bonchev–Trinajstić information content (AvgIpc) is 2.61. The highest BCUT2D eigenvalue weighted by atomic mass is 19.4. The normalized spacial score (nSPS) is 15.8. The minimum Gasteiger partial charge on any atom is -0.340 e. The number of amides is 1. The number of alkyl halides is 3. The Morgan fingerprint density at radius 3 is 2.58 bits per heavy atom. The van der Waals surface area contributed by atoms with Gasteiger partial charge in [0.1, 0.15) is 17.8 Å². The first-order chi connectivity index (χ1) is 12.3. The Balaban J connectivity index is 1.79. The van der Waals surface area contributed by atoms with Gasteiger partial charge in [0.25, 0.3) is 5.91 Å². The lowest BCUT2D eigenvalue weighted by atomic mass is 9.99. The first-order valence-corrected chi connectivity index (χ1v) is 8.39. The number of hydrogen-bond acceptors (Lipinski definition) is 4. The number of para-hydroxylation sites is 1. The summed E-state index contributed by atoms with van der Waals surface area (Å²) in [5.74, 6) is 0.498. The summed E-state index contributed by atoms with van der Waals surface area (Å²) in [4.78, 5) is 22.2. The third-order valence-corrected chi connectivity index (χ3v) is 4.45. The Morgan fingerprint density at radius 2 is 1.88 bits per heavy atom. The molecule has 1 saturated heterocycles. The number of anilines is 2. The van der Waals surface area contributed by atoms with Crippen LogP contribution < -0.4 is 5.32 Å². The highest BCUT2D eigenvalue weighted by Crippen LogP contribution is 2.35. The van der Waals surface area contributed by atoms with Crippen molar-refractivity contribution in [2.24, 2.45) is 5.92 Å². The van der Waals surface area contributed by atoms with E-state index < -0.39 is 11.7 Å². The van der Waals surface area contributed by atoms with Gasteiger partial charge in [-0.3, -0.25) is 4.79 Å². The monoisotopic (exact) mass is 364 g/mol. The molecule has 0 spiro atoms. The molecule has 8 heteroatoms. The summed E-state index contributed by atoms with van der Waals surface area (Å²) < 4.78 is 39.3. The third kappa shape index (κ3) is 4.12.